The fourth-order valence-electron chi connectivity index (χ4n) is 1.28. The number of sulfonamides is 1. The van der Waals surface area contributed by atoms with E-state index in [0.717, 1.165) is 4.31 Å². The third-order valence-corrected chi connectivity index (χ3v) is 3.48. The largest absolute Gasteiger partial charge is 0.440 e. The van der Waals surface area contributed by atoms with Crippen molar-refractivity contribution in [3.63, 3.8) is 0 Å². The Labute approximate surface area is 89.1 Å². The topological polar surface area (TPSA) is 63.7 Å². The average molecular weight is 231 g/mol. The molecule has 84 valence electrons. The van der Waals surface area contributed by atoms with Crippen LogP contribution in [0.1, 0.15) is 13.3 Å². The van der Waals surface area contributed by atoms with E-state index in [2.05, 4.69) is 6.58 Å². The molecule has 1 unspecified atom stereocenters. The highest BCUT2D eigenvalue weighted by Crippen LogP contribution is 2.20. The van der Waals surface area contributed by atoms with Crippen LogP contribution in [-0.4, -0.2) is 30.7 Å². The molecule has 0 N–H and O–H groups in total. The molecule has 0 aliphatic carbocycles. The van der Waals surface area contributed by atoms with Crippen LogP contribution in [0.15, 0.2) is 24.9 Å². The Morgan fingerprint density at radius 2 is 2.40 bits per heavy atom. The zero-order valence-corrected chi connectivity index (χ0v) is 9.24. The molecule has 0 aromatic heterocycles. The maximum atomic E-state index is 11.6. The number of carbonyl (C=O) groups is 1. The summed E-state index contributed by atoms with van der Waals surface area (Å²) in [4.78, 5) is 10.7. The average Bonchev–Trinajstić information content (AvgIpc) is 2.51. The van der Waals surface area contributed by atoms with E-state index in [9.17, 15) is 13.2 Å². The second-order valence-electron chi connectivity index (χ2n) is 3.08. The molecule has 0 fully saturated rings. The van der Waals surface area contributed by atoms with Crippen LogP contribution in [0.4, 0.5) is 0 Å². The summed E-state index contributed by atoms with van der Waals surface area (Å²) in [5, 5.41) is 0. The van der Waals surface area contributed by atoms with Crippen LogP contribution in [-0.2, 0) is 19.6 Å². The number of ether oxygens (including phenoxy) is 1. The summed E-state index contributed by atoms with van der Waals surface area (Å²) in [6, 6.07) is 0. The van der Waals surface area contributed by atoms with E-state index >= 15 is 0 Å². The van der Waals surface area contributed by atoms with Gasteiger partial charge in [-0.3, -0.25) is 4.79 Å². The fourth-order valence-corrected chi connectivity index (χ4v) is 2.51. The lowest BCUT2D eigenvalue weighted by atomic mass is 10.4. The molecule has 6 heteroatoms. The summed E-state index contributed by atoms with van der Waals surface area (Å²) in [5.41, 5.74) is 0. The van der Waals surface area contributed by atoms with Gasteiger partial charge in [0.1, 0.15) is 0 Å². The molecule has 0 amide bonds. The van der Waals surface area contributed by atoms with Crippen LogP contribution in [0.2, 0.25) is 0 Å². The molecule has 0 radical (unpaired) electrons. The zero-order valence-electron chi connectivity index (χ0n) is 8.42. The number of carbonyl (C=O) groups excluding carboxylic acids is 1. The predicted molar refractivity (Wildman–Crippen MR) is 55.1 cm³/mol. The summed E-state index contributed by atoms with van der Waals surface area (Å²) in [7, 11) is -3.45. The molecule has 15 heavy (non-hydrogen) atoms. The normalized spacial score (nSPS) is 20.3. The molecule has 1 aliphatic heterocycles. The summed E-state index contributed by atoms with van der Waals surface area (Å²) in [6.07, 6.45) is 4.00. The summed E-state index contributed by atoms with van der Waals surface area (Å²) >= 11 is 0. The van der Waals surface area contributed by atoms with Gasteiger partial charge >= 0.3 is 5.97 Å². The number of rotatable bonds is 4. The quantitative estimate of drug-likeness (QED) is 0.525. The summed E-state index contributed by atoms with van der Waals surface area (Å²) in [5.74, 6) is -0.669. The van der Waals surface area contributed by atoms with Crippen molar-refractivity contribution < 1.29 is 17.9 Å². The zero-order chi connectivity index (χ0) is 11.5. The van der Waals surface area contributed by atoms with Gasteiger partial charge in [-0.05, 0) is 0 Å². The minimum Gasteiger partial charge on any atom is -0.440 e. The van der Waals surface area contributed by atoms with E-state index in [1.165, 1.54) is 19.2 Å². The minimum atomic E-state index is -3.45. The van der Waals surface area contributed by atoms with Crippen molar-refractivity contribution in [1.82, 2.24) is 4.31 Å². The van der Waals surface area contributed by atoms with Gasteiger partial charge in [0.15, 0.2) is 6.23 Å². The van der Waals surface area contributed by atoms with Gasteiger partial charge in [0.25, 0.3) is 0 Å². The van der Waals surface area contributed by atoms with Gasteiger partial charge in [0, 0.05) is 19.5 Å². The van der Waals surface area contributed by atoms with Crippen LogP contribution in [0.5, 0.6) is 0 Å². The Hall–Kier alpha value is -1.30. The number of hydrogen-bond donors (Lipinski definition) is 0. The molecule has 5 nitrogen and oxygen atoms in total. The van der Waals surface area contributed by atoms with Gasteiger partial charge in [0.2, 0.25) is 10.0 Å². The van der Waals surface area contributed by atoms with E-state index in [1.807, 2.05) is 0 Å². The Morgan fingerprint density at radius 1 is 1.73 bits per heavy atom. The molecule has 0 saturated carbocycles. The third kappa shape index (κ3) is 2.82. The first kappa shape index (κ1) is 11.8. The van der Waals surface area contributed by atoms with Crippen molar-refractivity contribution in [2.75, 3.05) is 5.75 Å². The molecule has 1 aliphatic rings. The highest BCUT2D eigenvalue weighted by molar-refractivity contribution is 7.89. The van der Waals surface area contributed by atoms with Crippen molar-refractivity contribution in [3.8, 4) is 0 Å². The molecule has 0 aromatic rings. The summed E-state index contributed by atoms with van der Waals surface area (Å²) < 4.78 is 29.2. The first-order chi connectivity index (χ1) is 6.97. The molecule has 1 atom stereocenters. The Bertz CT molecular complexity index is 385. The standard InChI is InChI=1S/C9H13NO4S/c1-3-7-15(12,13)10-6-4-5-9(10)14-8(2)11/h3-4,6,9H,1,5,7H2,2H3. The molecular weight excluding hydrogens is 218 g/mol. The lowest BCUT2D eigenvalue weighted by molar-refractivity contribution is -0.149. The Balaban J connectivity index is 2.80. The van der Waals surface area contributed by atoms with Crippen LogP contribution in [0.25, 0.3) is 0 Å². The van der Waals surface area contributed by atoms with Crippen molar-refractivity contribution in [1.29, 1.82) is 0 Å². The van der Waals surface area contributed by atoms with Gasteiger partial charge in [-0.15, -0.1) is 6.58 Å². The van der Waals surface area contributed by atoms with Gasteiger partial charge < -0.3 is 4.74 Å². The Morgan fingerprint density at radius 3 is 2.93 bits per heavy atom. The van der Waals surface area contributed by atoms with E-state index < -0.39 is 22.2 Å². The summed E-state index contributed by atoms with van der Waals surface area (Å²) in [6.45, 7) is 4.61. The number of hydrogen-bond acceptors (Lipinski definition) is 4. The van der Waals surface area contributed by atoms with Crippen molar-refractivity contribution in [3.05, 3.63) is 24.9 Å². The maximum absolute atomic E-state index is 11.6. The van der Waals surface area contributed by atoms with E-state index in [-0.39, 0.29) is 5.75 Å². The molecule has 0 spiro atoms. The minimum absolute atomic E-state index is 0.172. The smallest absolute Gasteiger partial charge is 0.304 e. The highest BCUT2D eigenvalue weighted by atomic mass is 32.2. The van der Waals surface area contributed by atoms with Crippen LogP contribution >= 0.6 is 0 Å². The van der Waals surface area contributed by atoms with E-state index in [0.29, 0.717) is 6.42 Å². The molecule has 1 heterocycles. The lowest BCUT2D eigenvalue weighted by Crippen LogP contribution is -2.36. The van der Waals surface area contributed by atoms with Gasteiger partial charge in [0.05, 0.1) is 5.75 Å². The van der Waals surface area contributed by atoms with Gasteiger partial charge in [-0.25, -0.2) is 12.7 Å². The van der Waals surface area contributed by atoms with Crippen molar-refractivity contribution >= 4 is 16.0 Å². The predicted octanol–water partition coefficient (Wildman–Crippen LogP) is 0.611. The first-order valence-electron chi connectivity index (χ1n) is 4.43. The molecule has 0 saturated heterocycles. The van der Waals surface area contributed by atoms with Gasteiger partial charge in [-0.1, -0.05) is 12.2 Å². The molecular formula is C9H13NO4S. The second-order valence-corrected chi connectivity index (χ2v) is 5.00. The molecule has 1 rings (SSSR count). The number of nitrogens with zero attached hydrogens (tertiary/aromatic N) is 1. The van der Waals surface area contributed by atoms with E-state index in [1.54, 1.807) is 6.08 Å². The maximum Gasteiger partial charge on any atom is 0.304 e. The van der Waals surface area contributed by atoms with Crippen molar-refractivity contribution in [2.24, 2.45) is 0 Å². The molecule has 0 bridgehead atoms. The monoisotopic (exact) mass is 231 g/mol. The van der Waals surface area contributed by atoms with Gasteiger partial charge in [-0.2, -0.15) is 0 Å². The molecule has 0 aromatic carbocycles. The van der Waals surface area contributed by atoms with E-state index in [4.69, 9.17) is 4.74 Å². The van der Waals surface area contributed by atoms with Crippen LogP contribution in [0, 0.1) is 0 Å². The van der Waals surface area contributed by atoms with Crippen molar-refractivity contribution in [2.45, 2.75) is 19.6 Å². The van der Waals surface area contributed by atoms with Crippen LogP contribution in [0.3, 0.4) is 0 Å². The first-order valence-corrected chi connectivity index (χ1v) is 6.04. The fraction of sp³-hybridized carbons (Fsp3) is 0.444. The second kappa shape index (κ2) is 4.48. The highest BCUT2D eigenvalue weighted by Gasteiger charge is 2.30. The van der Waals surface area contributed by atoms with Crippen LogP contribution < -0.4 is 0 Å². The Kier molecular flexibility index (Phi) is 3.52. The lowest BCUT2D eigenvalue weighted by Gasteiger charge is -2.23. The number of esters is 1. The third-order valence-electron chi connectivity index (χ3n) is 1.83. The SMILES string of the molecule is C=CCS(=O)(=O)N1C=CCC1OC(C)=O.